The molecule has 1 aliphatic heterocycles. The number of benzene rings is 1. The number of ether oxygens (including phenoxy) is 2. The van der Waals surface area contributed by atoms with Gasteiger partial charge in [-0.15, -0.1) is 0 Å². The second-order valence-corrected chi connectivity index (χ2v) is 5.32. The lowest BCUT2D eigenvalue weighted by atomic mass is 10.1. The molecule has 1 aliphatic rings. The monoisotopic (exact) mass is 278 g/mol. The summed E-state index contributed by atoms with van der Waals surface area (Å²) < 4.78 is 16.1. The van der Waals surface area contributed by atoms with Crippen molar-refractivity contribution < 1.29 is 14.0 Å². The molecular formula is C13H14N2O3S. The molecule has 19 heavy (non-hydrogen) atoms. The number of methoxy groups -OCH3 is 1. The molecule has 0 spiro atoms. The predicted octanol–water partition coefficient (Wildman–Crippen LogP) is 2.43. The smallest absolute Gasteiger partial charge is 0.229 e. The molecule has 1 aromatic heterocycles. The Kier molecular flexibility index (Phi) is 3.25. The highest BCUT2D eigenvalue weighted by Crippen LogP contribution is 2.36. The first-order valence-corrected chi connectivity index (χ1v) is 7.06. The van der Waals surface area contributed by atoms with Crippen molar-refractivity contribution in [2.45, 2.75) is 6.10 Å². The Morgan fingerprint density at radius 3 is 2.79 bits per heavy atom. The van der Waals surface area contributed by atoms with Crippen LogP contribution in [0.15, 0.2) is 28.9 Å². The lowest BCUT2D eigenvalue weighted by molar-refractivity contribution is 0.228. The fraction of sp³-hybridized carbons (Fsp3) is 0.308. The summed E-state index contributed by atoms with van der Waals surface area (Å²) >= 11 is 1.88. The van der Waals surface area contributed by atoms with E-state index in [0.717, 1.165) is 28.4 Å². The van der Waals surface area contributed by atoms with Crippen molar-refractivity contribution in [2.24, 2.45) is 0 Å². The molecule has 2 heterocycles. The highest BCUT2D eigenvalue weighted by atomic mass is 32.2. The van der Waals surface area contributed by atoms with Crippen LogP contribution in [-0.4, -0.2) is 29.9 Å². The summed E-state index contributed by atoms with van der Waals surface area (Å²) in [7, 11) is 1.62. The molecule has 0 bridgehead atoms. The van der Waals surface area contributed by atoms with Crippen LogP contribution < -0.4 is 15.2 Å². The van der Waals surface area contributed by atoms with Gasteiger partial charge in [-0.1, -0.05) is 11.2 Å². The lowest BCUT2D eigenvalue weighted by Gasteiger charge is -2.26. The Hall–Kier alpha value is -1.82. The fourth-order valence-corrected chi connectivity index (χ4v) is 2.42. The molecule has 0 unspecified atom stereocenters. The average molecular weight is 278 g/mol. The fourth-order valence-electron chi connectivity index (χ4n) is 1.86. The van der Waals surface area contributed by atoms with E-state index in [4.69, 9.17) is 19.7 Å². The lowest BCUT2D eigenvalue weighted by Crippen LogP contribution is -2.31. The molecule has 100 valence electrons. The Morgan fingerprint density at radius 2 is 2.21 bits per heavy atom. The van der Waals surface area contributed by atoms with E-state index < -0.39 is 0 Å². The van der Waals surface area contributed by atoms with Gasteiger partial charge in [0.25, 0.3) is 0 Å². The van der Waals surface area contributed by atoms with Crippen LogP contribution in [0.5, 0.6) is 11.5 Å². The Bertz CT molecular complexity index is 581. The Morgan fingerprint density at radius 1 is 1.37 bits per heavy atom. The van der Waals surface area contributed by atoms with Gasteiger partial charge in [0.2, 0.25) is 5.88 Å². The van der Waals surface area contributed by atoms with E-state index in [2.05, 4.69) is 5.16 Å². The van der Waals surface area contributed by atoms with E-state index in [1.807, 2.05) is 30.0 Å². The van der Waals surface area contributed by atoms with Gasteiger partial charge < -0.3 is 19.7 Å². The highest BCUT2D eigenvalue weighted by molar-refractivity contribution is 8.00. The maximum Gasteiger partial charge on any atom is 0.229 e. The van der Waals surface area contributed by atoms with E-state index in [-0.39, 0.29) is 6.10 Å². The number of thioether (sulfide) groups is 1. The van der Waals surface area contributed by atoms with Gasteiger partial charge in [-0.25, -0.2) is 0 Å². The van der Waals surface area contributed by atoms with Crippen molar-refractivity contribution in [1.29, 1.82) is 0 Å². The summed E-state index contributed by atoms with van der Waals surface area (Å²) in [6.07, 6.45) is 1.87. The largest absolute Gasteiger partial charge is 0.493 e. The first kappa shape index (κ1) is 12.2. The van der Waals surface area contributed by atoms with Crippen LogP contribution in [0.3, 0.4) is 0 Å². The van der Waals surface area contributed by atoms with Crippen molar-refractivity contribution >= 4 is 17.6 Å². The summed E-state index contributed by atoms with van der Waals surface area (Å²) in [5, 5.41) is 3.67. The summed E-state index contributed by atoms with van der Waals surface area (Å²) in [4.78, 5) is 0. The maximum atomic E-state index is 5.86. The molecule has 0 saturated carbocycles. The first-order valence-electron chi connectivity index (χ1n) is 5.91. The third-order valence-electron chi connectivity index (χ3n) is 2.97. The number of nitrogen functional groups attached to an aromatic ring is 1. The number of nitrogens with two attached hydrogens (primary N) is 1. The third-order valence-corrected chi connectivity index (χ3v) is 4.19. The van der Waals surface area contributed by atoms with Gasteiger partial charge in [0.05, 0.1) is 18.9 Å². The van der Waals surface area contributed by atoms with Crippen molar-refractivity contribution in [1.82, 2.24) is 5.16 Å². The zero-order valence-electron chi connectivity index (χ0n) is 10.5. The number of hydrogen-bond acceptors (Lipinski definition) is 6. The molecule has 0 atom stereocenters. The van der Waals surface area contributed by atoms with Gasteiger partial charge in [-0.2, -0.15) is 11.8 Å². The minimum Gasteiger partial charge on any atom is -0.493 e. The quantitative estimate of drug-likeness (QED) is 0.926. The number of hydrogen-bond donors (Lipinski definition) is 1. The van der Waals surface area contributed by atoms with Crippen molar-refractivity contribution in [2.75, 3.05) is 24.3 Å². The van der Waals surface area contributed by atoms with Gasteiger partial charge in [0.15, 0.2) is 11.5 Å². The van der Waals surface area contributed by atoms with Crippen LogP contribution in [0.2, 0.25) is 0 Å². The average Bonchev–Trinajstić information content (AvgIpc) is 2.80. The molecule has 2 N–H and O–H groups in total. The van der Waals surface area contributed by atoms with Crippen LogP contribution in [-0.2, 0) is 0 Å². The normalized spacial score (nSPS) is 15.0. The predicted molar refractivity (Wildman–Crippen MR) is 74.6 cm³/mol. The zero-order valence-corrected chi connectivity index (χ0v) is 11.3. The second-order valence-electron chi connectivity index (χ2n) is 4.25. The molecule has 3 rings (SSSR count). The van der Waals surface area contributed by atoms with Crippen molar-refractivity contribution in [3.63, 3.8) is 0 Å². The van der Waals surface area contributed by atoms with E-state index in [1.165, 1.54) is 0 Å². The minimum atomic E-state index is 0.283. The van der Waals surface area contributed by atoms with Crippen molar-refractivity contribution in [3.05, 3.63) is 24.4 Å². The summed E-state index contributed by atoms with van der Waals surface area (Å²) in [5.41, 5.74) is 7.36. The third kappa shape index (κ3) is 2.35. The Balaban J connectivity index is 1.90. The molecule has 0 amide bonds. The molecule has 1 saturated heterocycles. The topological polar surface area (TPSA) is 70.5 Å². The second kappa shape index (κ2) is 5.05. The van der Waals surface area contributed by atoms with Gasteiger partial charge in [-0.3, -0.25) is 0 Å². The molecule has 1 aromatic carbocycles. The van der Waals surface area contributed by atoms with Crippen LogP contribution in [0.1, 0.15) is 0 Å². The SMILES string of the molecule is COc1cc(-c2cnoc2N)ccc1OC1CSC1. The highest BCUT2D eigenvalue weighted by Gasteiger charge is 2.21. The molecule has 5 nitrogen and oxygen atoms in total. The van der Waals surface area contributed by atoms with Crippen LogP contribution in [0, 0.1) is 0 Å². The molecule has 0 radical (unpaired) electrons. The van der Waals surface area contributed by atoms with Gasteiger partial charge >= 0.3 is 0 Å². The van der Waals surface area contributed by atoms with E-state index in [1.54, 1.807) is 13.3 Å². The molecule has 2 aromatic rings. The minimum absolute atomic E-state index is 0.283. The van der Waals surface area contributed by atoms with Gasteiger partial charge in [0.1, 0.15) is 6.10 Å². The summed E-state index contributed by atoms with van der Waals surface area (Å²) in [6, 6.07) is 5.69. The molecule has 0 aliphatic carbocycles. The standard InChI is InChI=1S/C13H14N2O3S/c1-16-12-4-8(10-5-15-18-13(10)14)2-3-11(12)17-9-6-19-7-9/h2-5,9H,6-7,14H2,1H3. The van der Waals surface area contributed by atoms with Gasteiger partial charge in [-0.05, 0) is 17.7 Å². The summed E-state index contributed by atoms with van der Waals surface area (Å²) in [5.74, 6) is 3.81. The van der Waals surface area contributed by atoms with Crippen LogP contribution in [0.4, 0.5) is 5.88 Å². The number of anilines is 1. The van der Waals surface area contributed by atoms with Crippen molar-refractivity contribution in [3.8, 4) is 22.6 Å². The van der Waals surface area contributed by atoms with E-state index in [9.17, 15) is 0 Å². The van der Waals surface area contributed by atoms with E-state index >= 15 is 0 Å². The number of aromatic nitrogens is 1. The molecular weight excluding hydrogens is 264 g/mol. The van der Waals surface area contributed by atoms with Crippen LogP contribution >= 0.6 is 11.8 Å². The van der Waals surface area contributed by atoms with Crippen LogP contribution in [0.25, 0.3) is 11.1 Å². The number of nitrogens with zero attached hydrogens (tertiary/aromatic N) is 1. The van der Waals surface area contributed by atoms with Gasteiger partial charge in [0, 0.05) is 11.5 Å². The Labute approximate surface area is 115 Å². The maximum absolute atomic E-state index is 5.86. The first-order chi connectivity index (χ1) is 9.28. The van der Waals surface area contributed by atoms with E-state index in [0.29, 0.717) is 11.6 Å². The molecule has 6 heteroatoms. The molecule has 1 fully saturated rings. The zero-order chi connectivity index (χ0) is 13.2. The number of rotatable bonds is 4. The summed E-state index contributed by atoms with van der Waals surface area (Å²) in [6.45, 7) is 0.